The van der Waals surface area contributed by atoms with E-state index in [0.29, 0.717) is 22.2 Å². The van der Waals surface area contributed by atoms with Gasteiger partial charge < -0.3 is 4.40 Å². The molecular formula is C27H15NO3. The number of aromatic nitrogens is 1. The second-order valence-corrected chi connectivity index (χ2v) is 7.61. The third kappa shape index (κ3) is 2.33. The molecule has 0 amide bonds. The van der Waals surface area contributed by atoms with Gasteiger partial charge in [-0.2, -0.15) is 0 Å². The quantitative estimate of drug-likeness (QED) is 0.379. The number of pyridine rings is 1. The maximum atomic E-state index is 13.6. The van der Waals surface area contributed by atoms with Gasteiger partial charge in [-0.1, -0.05) is 78.9 Å². The van der Waals surface area contributed by atoms with Gasteiger partial charge in [0, 0.05) is 16.7 Å². The average Bonchev–Trinajstić information content (AvgIpc) is 3.19. The standard InChI is InChI=1S/C27H15NO3/c29-25(17-9-2-1-3-10-17)22-21-15-14-16-8-4-7-13-20(16)28(21)24-23(22)26(30)18-11-5-6-12-19(18)27(24)31/h1-15H. The summed E-state index contributed by atoms with van der Waals surface area (Å²) >= 11 is 0. The molecule has 0 saturated heterocycles. The zero-order chi connectivity index (χ0) is 21.1. The Morgan fingerprint density at radius 2 is 1.26 bits per heavy atom. The number of carbonyl (C=O) groups is 3. The number of hydrogen-bond donors (Lipinski definition) is 0. The highest BCUT2D eigenvalue weighted by molar-refractivity contribution is 6.33. The van der Waals surface area contributed by atoms with E-state index in [2.05, 4.69) is 0 Å². The normalized spacial score (nSPS) is 12.8. The molecule has 6 rings (SSSR count). The Morgan fingerprint density at radius 3 is 2.03 bits per heavy atom. The number of hydrogen-bond acceptors (Lipinski definition) is 3. The largest absolute Gasteiger partial charge is 0.305 e. The zero-order valence-corrected chi connectivity index (χ0v) is 16.3. The van der Waals surface area contributed by atoms with E-state index in [1.54, 1.807) is 52.9 Å². The molecule has 0 radical (unpaired) electrons. The van der Waals surface area contributed by atoms with Crippen LogP contribution in [-0.2, 0) is 0 Å². The van der Waals surface area contributed by atoms with Crippen LogP contribution in [0.4, 0.5) is 0 Å². The van der Waals surface area contributed by atoms with Gasteiger partial charge in [0.25, 0.3) is 0 Å². The summed E-state index contributed by atoms with van der Waals surface area (Å²) in [7, 11) is 0. The molecule has 2 heterocycles. The first-order valence-corrected chi connectivity index (χ1v) is 10.0. The predicted octanol–water partition coefficient (Wildman–Crippen LogP) is 5.10. The van der Waals surface area contributed by atoms with Crippen molar-refractivity contribution in [2.75, 3.05) is 0 Å². The van der Waals surface area contributed by atoms with Crippen LogP contribution in [0.5, 0.6) is 0 Å². The van der Waals surface area contributed by atoms with E-state index in [4.69, 9.17) is 0 Å². The van der Waals surface area contributed by atoms with Crippen LogP contribution in [0.25, 0.3) is 16.4 Å². The number of benzene rings is 3. The maximum absolute atomic E-state index is 13.6. The van der Waals surface area contributed by atoms with Gasteiger partial charge >= 0.3 is 0 Å². The molecule has 0 unspecified atom stereocenters. The number of fused-ring (bicyclic) bond motifs is 6. The molecule has 2 aromatic heterocycles. The van der Waals surface area contributed by atoms with Crippen LogP contribution >= 0.6 is 0 Å². The summed E-state index contributed by atoms with van der Waals surface area (Å²) in [5.74, 6) is -0.809. The Balaban J connectivity index is 1.80. The first-order valence-electron chi connectivity index (χ1n) is 10.0. The van der Waals surface area contributed by atoms with E-state index < -0.39 is 0 Å². The third-order valence-electron chi connectivity index (χ3n) is 5.93. The predicted molar refractivity (Wildman–Crippen MR) is 118 cm³/mol. The topological polar surface area (TPSA) is 55.6 Å². The lowest BCUT2D eigenvalue weighted by Crippen LogP contribution is -2.22. The Bertz CT molecular complexity index is 1580. The first-order chi connectivity index (χ1) is 15.2. The molecule has 3 aromatic carbocycles. The molecule has 0 saturated carbocycles. The molecule has 0 atom stereocenters. The van der Waals surface area contributed by atoms with Crippen LogP contribution in [0, 0.1) is 0 Å². The van der Waals surface area contributed by atoms with E-state index in [-0.39, 0.29) is 34.2 Å². The molecule has 0 aliphatic heterocycles. The van der Waals surface area contributed by atoms with Crippen molar-refractivity contribution >= 4 is 33.8 Å². The van der Waals surface area contributed by atoms with Crippen molar-refractivity contribution in [3.63, 3.8) is 0 Å². The molecule has 4 heteroatoms. The summed E-state index contributed by atoms with van der Waals surface area (Å²) in [5.41, 5.74) is 3.25. The van der Waals surface area contributed by atoms with Crippen LogP contribution in [0.3, 0.4) is 0 Å². The van der Waals surface area contributed by atoms with E-state index in [0.717, 1.165) is 10.9 Å². The number of nitrogens with zero attached hydrogens (tertiary/aromatic N) is 1. The SMILES string of the molecule is O=C1c2ccccc2C(=O)c2c1c(C(=O)c1ccccc1)c1ccc3ccccc3n21. The van der Waals surface area contributed by atoms with Crippen LogP contribution in [0.2, 0.25) is 0 Å². The number of carbonyl (C=O) groups excluding carboxylic acids is 3. The molecule has 0 N–H and O–H groups in total. The van der Waals surface area contributed by atoms with Crippen molar-refractivity contribution in [3.8, 4) is 0 Å². The maximum Gasteiger partial charge on any atom is 0.211 e. The highest BCUT2D eigenvalue weighted by atomic mass is 16.1. The van der Waals surface area contributed by atoms with Gasteiger partial charge in [-0.3, -0.25) is 14.4 Å². The number of para-hydroxylation sites is 1. The smallest absolute Gasteiger partial charge is 0.211 e. The van der Waals surface area contributed by atoms with Crippen LogP contribution in [-0.4, -0.2) is 21.8 Å². The molecule has 31 heavy (non-hydrogen) atoms. The van der Waals surface area contributed by atoms with Gasteiger partial charge in [-0.25, -0.2) is 0 Å². The van der Waals surface area contributed by atoms with Crippen molar-refractivity contribution in [1.29, 1.82) is 0 Å². The fourth-order valence-electron chi connectivity index (χ4n) is 4.54. The number of rotatable bonds is 2. The van der Waals surface area contributed by atoms with Crippen LogP contribution in [0.1, 0.15) is 47.9 Å². The Labute approximate surface area is 177 Å². The highest BCUT2D eigenvalue weighted by Crippen LogP contribution is 2.36. The fourth-order valence-corrected chi connectivity index (χ4v) is 4.54. The van der Waals surface area contributed by atoms with Crippen molar-refractivity contribution in [1.82, 2.24) is 4.40 Å². The lowest BCUT2D eigenvalue weighted by Gasteiger charge is -2.16. The number of ketones is 3. The minimum atomic E-state index is -0.294. The first kappa shape index (κ1) is 17.5. The zero-order valence-electron chi connectivity index (χ0n) is 16.3. The Morgan fingerprint density at radius 1 is 0.613 bits per heavy atom. The molecule has 0 fully saturated rings. The Kier molecular flexibility index (Phi) is 3.59. The summed E-state index contributed by atoms with van der Waals surface area (Å²) in [6, 6.07) is 27.1. The van der Waals surface area contributed by atoms with Crippen LogP contribution in [0.15, 0.2) is 91.0 Å². The second-order valence-electron chi connectivity index (χ2n) is 7.61. The molecule has 1 aliphatic rings. The molecule has 5 aromatic rings. The van der Waals surface area contributed by atoms with Crippen molar-refractivity contribution < 1.29 is 14.4 Å². The minimum Gasteiger partial charge on any atom is -0.305 e. The summed E-state index contributed by atoms with van der Waals surface area (Å²) in [4.78, 5) is 40.8. The molecule has 4 nitrogen and oxygen atoms in total. The van der Waals surface area contributed by atoms with E-state index >= 15 is 0 Å². The molecule has 146 valence electrons. The van der Waals surface area contributed by atoms with Gasteiger partial charge in [0.2, 0.25) is 5.78 Å². The van der Waals surface area contributed by atoms with Crippen molar-refractivity contribution in [2.45, 2.75) is 0 Å². The molecule has 0 spiro atoms. The van der Waals surface area contributed by atoms with Gasteiger partial charge in [0.1, 0.15) is 5.69 Å². The van der Waals surface area contributed by atoms with E-state index in [1.165, 1.54) is 0 Å². The second kappa shape index (κ2) is 6.34. The van der Waals surface area contributed by atoms with Gasteiger partial charge in [0.05, 0.1) is 22.2 Å². The van der Waals surface area contributed by atoms with E-state index in [1.807, 2.05) is 42.5 Å². The third-order valence-corrected chi connectivity index (χ3v) is 5.93. The summed E-state index contributed by atoms with van der Waals surface area (Å²) < 4.78 is 1.77. The lowest BCUT2D eigenvalue weighted by molar-refractivity contribution is 0.0970. The summed E-state index contributed by atoms with van der Waals surface area (Å²) in [6.45, 7) is 0. The molecule has 1 aliphatic carbocycles. The Hall–Kier alpha value is -4.31. The summed E-state index contributed by atoms with van der Waals surface area (Å²) in [6.07, 6.45) is 0. The van der Waals surface area contributed by atoms with Gasteiger partial charge in [-0.15, -0.1) is 0 Å². The van der Waals surface area contributed by atoms with Crippen LogP contribution < -0.4 is 0 Å². The van der Waals surface area contributed by atoms with Gasteiger partial charge in [-0.05, 0) is 17.5 Å². The minimum absolute atomic E-state index is 0.189. The fraction of sp³-hybridized carbons (Fsp3) is 0. The van der Waals surface area contributed by atoms with Gasteiger partial charge in [0.15, 0.2) is 11.6 Å². The highest BCUT2D eigenvalue weighted by Gasteiger charge is 2.38. The van der Waals surface area contributed by atoms with E-state index in [9.17, 15) is 14.4 Å². The monoisotopic (exact) mass is 401 g/mol. The average molecular weight is 401 g/mol. The summed E-state index contributed by atoms with van der Waals surface area (Å²) in [5, 5.41) is 0.922. The van der Waals surface area contributed by atoms with Crippen molar-refractivity contribution in [2.24, 2.45) is 0 Å². The lowest BCUT2D eigenvalue weighted by atomic mass is 9.85. The molecule has 0 bridgehead atoms. The van der Waals surface area contributed by atoms with Crippen molar-refractivity contribution in [3.05, 3.63) is 125 Å². The molecular weight excluding hydrogens is 386 g/mol.